The molecule has 0 spiro atoms. The zero-order valence-electron chi connectivity index (χ0n) is 18.1. The Kier molecular flexibility index (Phi) is 5.08. The molecule has 2 heterocycles. The number of benzene rings is 2. The summed E-state index contributed by atoms with van der Waals surface area (Å²) in [6.07, 6.45) is 3.89. The Bertz CT molecular complexity index is 1320. The minimum Gasteiger partial charge on any atom is -0.488 e. The van der Waals surface area contributed by atoms with Crippen LogP contribution >= 0.6 is 0 Å². The predicted molar refractivity (Wildman–Crippen MR) is 123 cm³/mol. The van der Waals surface area contributed by atoms with E-state index in [9.17, 15) is 15.6 Å². The lowest BCUT2D eigenvalue weighted by Gasteiger charge is -2.21. The average Bonchev–Trinajstić information content (AvgIpc) is 3.61. The smallest absolute Gasteiger partial charge is 0.227 e. The van der Waals surface area contributed by atoms with Gasteiger partial charge in [0.15, 0.2) is 0 Å². The van der Waals surface area contributed by atoms with Crippen LogP contribution in [0.1, 0.15) is 36.5 Å². The summed E-state index contributed by atoms with van der Waals surface area (Å²) in [6, 6.07) is 15.2. The number of nitrogens with one attached hydrogen (secondary N) is 2. The van der Waals surface area contributed by atoms with Gasteiger partial charge in [-0.15, -0.1) is 0 Å². The van der Waals surface area contributed by atoms with E-state index in [-0.39, 0.29) is 12.7 Å². The van der Waals surface area contributed by atoms with Crippen molar-refractivity contribution in [1.29, 1.82) is 10.5 Å². The van der Waals surface area contributed by atoms with Gasteiger partial charge in [0, 0.05) is 23.7 Å². The maximum absolute atomic E-state index is 9.95. The first kappa shape index (κ1) is 20.7. The maximum atomic E-state index is 9.95. The standard InChI is InChI=1S/C25H22N6O2/c1-25(14-32)13-29-23-17(12-27)9-16(10-19(23)25)20-6-7-28-24(30-20)31-21-8-15(11-26)2-5-22(21)33-18-3-4-18/h2,5-10,18,29,32H,3-4,13-14H2,1H3,(H,28,30,31)/t25-/m1/s1. The molecule has 2 aromatic carbocycles. The number of anilines is 3. The maximum Gasteiger partial charge on any atom is 0.227 e. The molecule has 2 aliphatic rings. The van der Waals surface area contributed by atoms with Crippen LogP contribution in [0.3, 0.4) is 0 Å². The Labute approximate surface area is 191 Å². The summed E-state index contributed by atoms with van der Waals surface area (Å²) in [4.78, 5) is 8.98. The molecule has 33 heavy (non-hydrogen) atoms. The molecular formula is C25H22N6O2. The second-order valence-corrected chi connectivity index (χ2v) is 8.66. The number of fused-ring (bicyclic) bond motifs is 1. The molecule has 0 bridgehead atoms. The monoisotopic (exact) mass is 438 g/mol. The molecule has 0 amide bonds. The molecule has 1 atom stereocenters. The topological polar surface area (TPSA) is 127 Å². The van der Waals surface area contributed by atoms with Gasteiger partial charge in [-0.05, 0) is 54.8 Å². The van der Waals surface area contributed by atoms with E-state index in [0.29, 0.717) is 40.8 Å². The molecule has 1 aromatic heterocycles. The molecular weight excluding hydrogens is 416 g/mol. The number of rotatable bonds is 6. The zero-order valence-corrected chi connectivity index (χ0v) is 18.1. The van der Waals surface area contributed by atoms with E-state index in [1.165, 1.54) is 0 Å². The minimum absolute atomic E-state index is 0.0308. The Morgan fingerprint density at radius 3 is 2.79 bits per heavy atom. The van der Waals surface area contributed by atoms with Crippen LogP contribution in [-0.2, 0) is 5.41 Å². The molecule has 1 aliphatic carbocycles. The van der Waals surface area contributed by atoms with Crippen LogP contribution in [0.25, 0.3) is 11.3 Å². The van der Waals surface area contributed by atoms with Gasteiger partial charge >= 0.3 is 0 Å². The average molecular weight is 438 g/mol. The van der Waals surface area contributed by atoms with Crippen LogP contribution in [0, 0.1) is 22.7 Å². The van der Waals surface area contributed by atoms with Crippen molar-refractivity contribution in [2.24, 2.45) is 0 Å². The van der Waals surface area contributed by atoms with Crippen molar-refractivity contribution in [3.8, 4) is 29.1 Å². The molecule has 8 nitrogen and oxygen atoms in total. The van der Waals surface area contributed by atoms with E-state index < -0.39 is 5.41 Å². The van der Waals surface area contributed by atoms with Gasteiger partial charge in [-0.1, -0.05) is 6.92 Å². The summed E-state index contributed by atoms with van der Waals surface area (Å²) < 4.78 is 5.96. The van der Waals surface area contributed by atoms with E-state index in [1.807, 2.05) is 13.0 Å². The summed E-state index contributed by atoms with van der Waals surface area (Å²) >= 11 is 0. The largest absolute Gasteiger partial charge is 0.488 e. The number of hydrogen-bond acceptors (Lipinski definition) is 8. The number of nitrogens with zero attached hydrogens (tertiary/aromatic N) is 4. The van der Waals surface area contributed by atoms with Gasteiger partial charge in [-0.25, -0.2) is 9.97 Å². The van der Waals surface area contributed by atoms with Crippen LogP contribution in [-0.4, -0.2) is 34.3 Å². The lowest BCUT2D eigenvalue weighted by Crippen LogP contribution is -2.28. The fourth-order valence-electron chi connectivity index (χ4n) is 3.93. The second-order valence-electron chi connectivity index (χ2n) is 8.66. The molecule has 1 saturated carbocycles. The van der Waals surface area contributed by atoms with Crippen LogP contribution in [0.15, 0.2) is 42.6 Å². The van der Waals surface area contributed by atoms with Gasteiger partial charge in [-0.2, -0.15) is 10.5 Å². The first-order valence-electron chi connectivity index (χ1n) is 10.8. The summed E-state index contributed by atoms with van der Waals surface area (Å²) in [5.74, 6) is 1.00. The SMILES string of the molecule is C[C@]1(CO)CNc2c(C#N)cc(-c3ccnc(Nc4cc(C#N)ccc4OC4CC4)n3)cc21. The highest BCUT2D eigenvalue weighted by atomic mass is 16.5. The van der Waals surface area contributed by atoms with E-state index >= 15 is 0 Å². The Morgan fingerprint density at radius 2 is 2.06 bits per heavy atom. The van der Waals surface area contributed by atoms with Crippen LogP contribution < -0.4 is 15.4 Å². The first-order chi connectivity index (χ1) is 16.0. The summed E-state index contributed by atoms with van der Waals surface area (Å²) in [6.45, 7) is 2.50. The highest BCUT2D eigenvalue weighted by Crippen LogP contribution is 2.41. The third-order valence-corrected chi connectivity index (χ3v) is 6.04. The molecule has 8 heteroatoms. The minimum atomic E-state index is -0.474. The Hall–Kier alpha value is -4.14. The fraction of sp³-hybridized carbons (Fsp3) is 0.280. The number of aliphatic hydroxyl groups is 1. The first-order valence-corrected chi connectivity index (χ1v) is 10.8. The molecule has 0 radical (unpaired) electrons. The molecule has 5 rings (SSSR count). The fourth-order valence-corrected chi connectivity index (χ4v) is 3.93. The van der Waals surface area contributed by atoms with Crippen molar-refractivity contribution >= 4 is 17.3 Å². The predicted octanol–water partition coefficient (Wildman–Crippen LogP) is 3.85. The summed E-state index contributed by atoms with van der Waals surface area (Å²) in [5.41, 5.74) is 4.23. The molecule has 3 aromatic rings. The zero-order chi connectivity index (χ0) is 23.0. The Balaban J connectivity index is 1.51. The molecule has 0 saturated heterocycles. The quantitative estimate of drug-likeness (QED) is 0.530. The number of aromatic nitrogens is 2. The van der Waals surface area contributed by atoms with Gasteiger partial charge in [0.05, 0.1) is 47.0 Å². The number of ether oxygens (including phenoxy) is 1. The molecule has 3 N–H and O–H groups in total. The van der Waals surface area contributed by atoms with E-state index in [2.05, 4.69) is 32.7 Å². The van der Waals surface area contributed by atoms with Crippen molar-refractivity contribution in [3.05, 3.63) is 59.3 Å². The summed E-state index contributed by atoms with van der Waals surface area (Å²) in [7, 11) is 0. The van der Waals surface area contributed by atoms with Crippen molar-refractivity contribution < 1.29 is 9.84 Å². The lowest BCUT2D eigenvalue weighted by molar-refractivity contribution is 0.219. The normalized spacial score (nSPS) is 18.5. The van der Waals surface area contributed by atoms with Crippen molar-refractivity contribution in [2.45, 2.75) is 31.3 Å². The molecule has 1 aliphatic heterocycles. The number of aliphatic hydroxyl groups excluding tert-OH is 1. The van der Waals surface area contributed by atoms with Crippen LogP contribution in [0.5, 0.6) is 5.75 Å². The number of hydrogen-bond donors (Lipinski definition) is 3. The Morgan fingerprint density at radius 1 is 1.21 bits per heavy atom. The van der Waals surface area contributed by atoms with Gasteiger partial charge in [0.2, 0.25) is 5.95 Å². The van der Waals surface area contributed by atoms with Crippen LogP contribution in [0.2, 0.25) is 0 Å². The van der Waals surface area contributed by atoms with Crippen molar-refractivity contribution in [2.75, 3.05) is 23.8 Å². The van der Waals surface area contributed by atoms with Crippen molar-refractivity contribution in [1.82, 2.24) is 9.97 Å². The molecule has 0 unspecified atom stereocenters. The summed E-state index contributed by atoms with van der Waals surface area (Å²) in [5, 5.41) is 35.4. The van der Waals surface area contributed by atoms with Gasteiger partial charge in [0.1, 0.15) is 11.8 Å². The van der Waals surface area contributed by atoms with Crippen LogP contribution in [0.4, 0.5) is 17.3 Å². The van der Waals surface area contributed by atoms with Gasteiger partial charge in [0.25, 0.3) is 0 Å². The second kappa shape index (κ2) is 8.09. The van der Waals surface area contributed by atoms with E-state index in [1.54, 1.807) is 36.5 Å². The molecule has 1 fully saturated rings. The van der Waals surface area contributed by atoms with Crippen molar-refractivity contribution in [3.63, 3.8) is 0 Å². The molecule has 164 valence electrons. The van der Waals surface area contributed by atoms with Gasteiger partial charge in [-0.3, -0.25) is 0 Å². The third kappa shape index (κ3) is 3.93. The lowest BCUT2D eigenvalue weighted by atomic mass is 9.83. The highest BCUT2D eigenvalue weighted by molar-refractivity contribution is 5.76. The highest BCUT2D eigenvalue weighted by Gasteiger charge is 2.36. The van der Waals surface area contributed by atoms with Gasteiger partial charge < -0.3 is 20.5 Å². The van der Waals surface area contributed by atoms with E-state index in [0.717, 1.165) is 29.7 Å². The number of nitriles is 2. The third-order valence-electron chi connectivity index (χ3n) is 6.04. The van der Waals surface area contributed by atoms with E-state index in [4.69, 9.17) is 4.74 Å².